The minimum Gasteiger partial charge on any atom is -0.370 e. The Morgan fingerprint density at radius 2 is 2.16 bits per heavy atom. The van der Waals surface area contributed by atoms with Gasteiger partial charge in [0.25, 0.3) is 0 Å². The molecule has 1 saturated heterocycles. The Labute approximate surface area is 114 Å². The third-order valence-electron chi connectivity index (χ3n) is 4.39. The van der Waals surface area contributed by atoms with Gasteiger partial charge in [-0.25, -0.2) is 0 Å². The Morgan fingerprint density at radius 1 is 1.32 bits per heavy atom. The fourth-order valence-electron chi connectivity index (χ4n) is 3.56. The Hall–Kier alpha value is -1.52. The van der Waals surface area contributed by atoms with Crippen molar-refractivity contribution in [1.29, 1.82) is 0 Å². The molecule has 1 aromatic rings. The number of hydrogen-bond donors (Lipinski definition) is 2. The van der Waals surface area contributed by atoms with Gasteiger partial charge in [0.2, 0.25) is 5.95 Å². The number of nitrogens with zero attached hydrogens (tertiary/aromatic N) is 3. The van der Waals surface area contributed by atoms with Crippen molar-refractivity contribution in [2.24, 2.45) is 5.92 Å². The van der Waals surface area contributed by atoms with E-state index in [0.29, 0.717) is 12.0 Å². The molecule has 5 nitrogen and oxygen atoms in total. The predicted molar refractivity (Wildman–Crippen MR) is 78.3 cm³/mol. The molecule has 0 radical (unpaired) electrons. The third-order valence-corrected chi connectivity index (χ3v) is 4.39. The molecule has 2 atom stereocenters. The summed E-state index contributed by atoms with van der Waals surface area (Å²) in [5.41, 5.74) is 5.84. The maximum absolute atomic E-state index is 5.84. The third kappa shape index (κ3) is 2.46. The lowest BCUT2D eigenvalue weighted by atomic mass is 9.85. The summed E-state index contributed by atoms with van der Waals surface area (Å²) in [5, 5.41) is 3.23. The minimum absolute atomic E-state index is 0.368. The van der Waals surface area contributed by atoms with Crippen molar-refractivity contribution in [3.05, 3.63) is 6.07 Å². The molecule has 0 aromatic carbocycles. The molecular weight excluding hydrogens is 238 g/mol. The van der Waals surface area contributed by atoms with Gasteiger partial charge >= 0.3 is 0 Å². The average molecular weight is 261 g/mol. The lowest BCUT2D eigenvalue weighted by molar-refractivity contribution is 0.341. The van der Waals surface area contributed by atoms with Crippen molar-refractivity contribution < 1.29 is 0 Å². The SMILES string of the molecule is CCNc1cc(N2CCC3CCCCC32)nc(N)n1. The molecule has 104 valence electrons. The first-order valence-electron chi connectivity index (χ1n) is 7.43. The van der Waals surface area contributed by atoms with E-state index in [-0.39, 0.29) is 0 Å². The van der Waals surface area contributed by atoms with Gasteiger partial charge in [0.05, 0.1) is 0 Å². The molecule has 0 amide bonds. The van der Waals surface area contributed by atoms with E-state index in [0.717, 1.165) is 30.6 Å². The molecule has 2 unspecified atom stereocenters. The topological polar surface area (TPSA) is 67.1 Å². The molecule has 1 aliphatic carbocycles. The van der Waals surface area contributed by atoms with Crippen LogP contribution in [0.1, 0.15) is 39.0 Å². The van der Waals surface area contributed by atoms with Crippen LogP contribution in [0.3, 0.4) is 0 Å². The van der Waals surface area contributed by atoms with Crippen LogP contribution in [0, 0.1) is 5.92 Å². The summed E-state index contributed by atoms with van der Waals surface area (Å²) in [6, 6.07) is 2.70. The molecule has 19 heavy (non-hydrogen) atoms. The lowest BCUT2D eigenvalue weighted by Gasteiger charge is -2.32. The van der Waals surface area contributed by atoms with Gasteiger partial charge in [-0.15, -0.1) is 0 Å². The zero-order valence-electron chi connectivity index (χ0n) is 11.6. The second kappa shape index (κ2) is 5.23. The van der Waals surface area contributed by atoms with E-state index in [1.807, 2.05) is 6.07 Å². The Bertz CT molecular complexity index is 447. The predicted octanol–water partition coefficient (Wildman–Crippen LogP) is 2.26. The molecule has 1 aliphatic heterocycles. The fourth-order valence-corrected chi connectivity index (χ4v) is 3.56. The van der Waals surface area contributed by atoms with E-state index in [4.69, 9.17) is 5.73 Å². The second-order valence-corrected chi connectivity index (χ2v) is 5.59. The standard InChI is InChI=1S/C14H23N5/c1-2-16-12-9-13(18-14(15)17-12)19-8-7-10-5-3-4-6-11(10)19/h9-11H,2-8H2,1H3,(H3,15,16,17,18). The highest BCUT2D eigenvalue weighted by Gasteiger charge is 2.36. The zero-order chi connectivity index (χ0) is 13.2. The summed E-state index contributed by atoms with van der Waals surface area (Å²) in [4.78, 5) is 11.1. The second-order valence-electron chi connectivity index (χ2n) is 5.59. The highest BCUT2D eigenvalue weighted by Crippen LogP contribution is 2.38. The highest BCUT2D eigenvalue weighted by atomic mass is 15.3. The van der Waals surface area contributed by atoms with Gasteiger partial charge in [0.1, 0.15) is 11.6 Å². The van der Waals surface area contributed by atoms with E-state index in [9.17, 15) is 0 Å². The average Bonchev–Trinajstić information content (AvgIpc) is 2.82. The number of nitrogens with one attached hydrogen (secondary N) is 1. The van der Waals surface area contributed by atoms with Gasteiger partial charge in [-0.2, -0.15) is 9.97 Å². The van der Waals surface area contributed by atoms with Gasteiger partial charge in [0, 0.05) is 25.2 Å². The van der Waals surface area contributed by atoms with Gasteiger partial charge in [-0.1, -0.05) is 12.8 Å². The van der Waals surface area contributed by atoms with Crippen molar-refractivity contribution in [2.45, 2.75) is 45.1 Å². The van der Waals surface area contributed by atoms with Crippen LogP contribution in [0.4, 0.5) is 17.6 Å². The molecule has 2 aliphatic rings. The fraction of sp³-hybridized carbons (Fsp3) is 0.714. The molecule has 1 aromatic heterocycles. The minimum atomic E-state index is 0.368. The number of fused-ring (bicyclic) bond motifs is 1. The van der Waals surface area contributed by atoms with Crippen molar-refractivity contribution in [3.8, 4) is 0 Å². The van der Waals surface area contributed by atoms with Crippen molar-refractivity contribution in [1.82, 2.24) is 9.97 Å². The number of aromatic nitrogens is 2. The van der Waals surface area contributed by atoms with Crippen LogP contribution >= 0.6 is 0 Å². The number of anilines is 3. The molecule has 2 heterocycles. The zero-order valence-corrected chi connectivity index (χ0v) is 11.6. The first-order valence-corrected chi connectivity index (χ1v) is 7.43. The Balaban J connectivity index is 1.85. The van der Waals surface area contributed by atoms with Crippen molar-refractivity contribution in [2.75, 3.05) is 29.0 Å². The summed E-state index contributed by atoms with van der Waals surface area (Å²) >= 11 is 0. The van der Waals surface area contributed by atoms with Crippen LogP contribution in [0.2, 0.25) is 0 Å². The Kier molecular flexibility index (Phi) is 3.44. The lowest BCUT2D eigenvalue weighted by Crippen LogP contribution is -2.35. The van der Waals surface area contributed by atoms with E-state index in [1.54, 1.807) is 0 Å². The van der Waals surface area contributed by atoms with E-state index >= 15 is 0 Å². The summed E-state index contributed by atoms with van der Waals surface area (Å²) in [5.74, 6) is 3.06. The molecule has 3 N–H and O–H groups in total. The summed E-state index contributed by atoms with van der Waals surface area (Å²) in [6.45, 7) is 4.02. The summed E-state index contributed by atoms with van der Waals surface area (Å²) < 4.78 is 0. The molecule has 2 fully saturated rings. The first kappa shape index (κ1) is 12.5. The van der Waals surface area contributed by atoms with Gasteiger partial charge < -0.3 is 16.0 Å². The van der Waals surface area contributed by atoms with Crippen LogP contribution in [0.25, 0.3) is 0 Å². The van der Waals surface area contributed by atoms with E-state index in [1.165, 1.54) is 32.1 Å². The molecule has 0 bridgehead atoms. The molecule has 5 heteroatoms. The number of rotatable bonds is 3. The monoisotopic (exact) mass is 261 g/mol. The first-order chi connectivity index (χ1) is 9.28. The molecular formula is C14H23N5. The summed E-state index contributed by atoms with van der Waals surface area (Å²) in [7, 11) is 0. The van der Waals surface area contributed by atoms with Crippen LogP contribution in [-0.4, -0.2) is 29.1 Å². The van der Waals surface area contributed by atoms with Gasteiger partial charge in [-0.05, 0) is 32.1 Å². The van der Waals surface area contributed by atoms with Gasteiger partial charge in [-0.3, -0.25) is 0 Å². The number of hydrogen-bond acceptors (Lipinski definition) is 5. The number of nitrogen functional groups attached to an aromatic ring is 1. The van der Waals surface area contributed by atoms with Crippen molar-refractivity contribution >= 4 is 17.6 Å². The maximum Gasteiger partial charge on any atom is 0.223 e. The van der Waals surface area contributed by atoms with E-state index < -0.39 is 0 Å². The molecule has 1 saturated carbocycles. The number of nitrogens with two attached hydrogens (primary N) is 1. The quantitative estimate of drug-likeness (QED) is 0.873. The van der Waals surface area contributed by atoms with Crippen molar-refractivity contribution in [3.63, 3.8) is 0 Å². The molecule has 0 spiro atoms. The maximum atomic E-state index is 5.84. The van der Waals surface area contributed by atoms with Crippen LogP contribution in [-0.2, 0) is 0 Å². The smallest absolute Gasteiger partial charge is 0.223 e. The molecule has 3 rings (SSSR count). The highest BCUT2D eigenvalue weighted by molar-refractivity contribution is 5.54. The van der Waals surface area contributed by atoms with Crippen LogP contribution in [0.5, 0.6) is 0 Å². The van der Waals surface area contributed by atoms with Crippen LogP contribution < -0.4 is 16.0 Å². The largest absolute Gasteiger partial charge is 0.370 e. The van der Waals surface area contributed by atoms with Crippen LogP contribution in [0.15, 0.2) is 6.07 Å². The Morgan fingerprint density at radius 3 is 3.00 bits per heavy atom. The summed E-state index contributed by atoms with van der Waals surface area (Å²) in [6.07, 6.45) is 6.71. The van der Waals surface area contributed by atoms with Gasteiger partial charge in [0.15, 0.2) is 0 Å². The normalized spacial score (nSPS) is 26.3. The van der Waals surface area contributed by atoms with E-state index in [2.05, 4.69) is 27.1 Å².